The lowest BCUT2D eigenvalue weighted by atomic mass is 9.90. The summed E-state index contributed by atoms with van der Waals surface area (Å²) in [6, 6.07) is 3.88. The molecule has 0 saturated carbocycles. The Hall–Kier alpha value is -2.22. The number of hydrogen-bond donors (Lipinski definition) is 1. The third kappa shape index (κ3) is 2.74. The topological polar surface area (TPSA) is 92.8 Å². The van der Waals surface area contributed by atoms with E-state index in [9.17, 15) is 4.79 Å². The van der Waals surface area contributed by atoms with E-state index in [-0.39, 0.29) is 6.10 Å². The molecule has 0 bridgehead atoms. The number of ether oxygens (including phenoxy) is 1. The predicted molar refractivity (Wildman–Crippen MR) is 81.2 cm³/mol. The molecule has 2 fully saturated rings. The number of anilines is 1. The van der Waals surface area contributed by atoms with Crippen LogP contribution in [0.1, 0.15) is 25.7 Å². The Balaban J connectivity index is 1.38. The molecule has 2 aromatic heterocycles. The molecule has 0 amide bonds. The molecule has 2 aliphatic heterocycles. The highest BCUT2D eigenvalue weighted by atomic mass is 16.5. The minimum atomic E-state index is -0.837. The van der Waals surface area contributed by atoms with E-state index in [1.54, 1.807) is 10.8 Å². The molecule has 8 heteroatoms. The lowest BCUT2D eigenvalue weighted by Gasteiger charge is -2.35. The number of rotatable bonds is 3. The Morgan fingerprint density at radius 1 is 1.22 bits per heavy atom. The first-order chi connectivity index (χ1) is 11.2. The fourth-order valence-corrected chi connectivity index (χ4v) is 3.58. The van der Waals surface area contributed by atoms with Gasteiger partial charge in [-0.2, -0.15) is 4.52 Å². The molecule has 2 aromatic rings. The van der Waals surface area contributed by atoms with Gasteiger partial charge in [0.25, 0.3) is 0 Å². The van der Waals surface area contributed by atoms with Gasteiger partial charge in [0.15, 0.2) is 11.8 Å². The monoisotopic (exact) mass is 317 g/mol. The highest BCUT2D eigenvalue weighted by molar-refractivity contribution is 5.72. The first-order valence-electron chi connectivity index (χ1n) is 8.01. The average molecular weight is 317 g/mol. The van der Waals surface area contributed by atoms with Crippen LogP contribution in [0.4, 0.5) is 5.82 Å². The van der Waals surface area contributed by atoms with E-state index in [0.717, 1.165) is 43.8 Å². The second kappa shape index (κ2) is 5.77. The second-order valence-electron chi connectivity index (χ2n) is 6.23. The van der Waals surface area contributed by atoms with E-state index < -0.39 is 12.1 Å². The maximum atomic E-state index is 11.0. The molecule has 8 nitrogen and oxygen atoms in total. The van der Waals surface area contributed by atoms with Gasteiger partial charge in [-0.1, -0.05) is 0 Å². The van der Waals surface area contributed by atoms with Gasteiger partial charge >= 0.3 is 5.97 Å². The van der Waals surface area contributed by atoms with Gasteiger partial charge in [0.1, 0.15) is 12.1 Å². The summed E-state index contributed by atoms with van der Waals surface area (Å²) in [5, 5.41) is 21.4. The van der Waals surface area contributed by atoms with Crippen molar-refractivity contribution >= 4 is 17.4 Å². The van der Waals surface area contributed by atoms with E-state index in [0.29, 0.717) is 12.3 Å². The Kier molecular flexibility index (Phi) is 3.60. The minimum absolute atomic E-state index is 0.0894. The predicted octanol–water partition coefficient (Wildman–Crippen LogP) is 0.973. The molecular formula is C15H19N5O3. The van der Waals surface area contributed by atoms with Gasteiger partial charge in [-0.15, -0.1) is 15.3 Å². The Labute approximate surface area is 133 Å². The SMILES string of the molecule is O=C(O)[C@H]1CC[C@@H](C2CCN(c3ccc4nncn4n3)CC2)O1. The molecule has 0 spiro atoms. The summed E-state index contributed by atoms with van der Waals surface area (Å²) >= 11 is 0. The zero-order chi connectivity index (χ0) is 15.8. The molecule has 122 valence electrons. The molecule has 1 N–H and O–H groups in total. The van der Waals surface area contributed by atoms with Gasteiger partial charge in [-0.3, -0.25) is 0 Å². The van der Waals surface area contributed by atoms with Gasteiger partial charge in [0, 0.05) is 13.1 Å². The number of aliphatic carboxylic acids is 1. The van der Waals surface area contributed by atoms with Crippen molar-refractivity contribution in [2.45, 2.75) is 37.9 Å². The summed E-state index contributed by atoms with van der Waals surface area (Å²) in [5.41, 5.74) is 0.739. The first kappa shape index (κ1) is 14.4. The molecule has 2 saturated heterocycles. The summed E-state index contributed by atoms with van der Waals surface area (Å²) in [7, 11) is 0. The van der Waals surface area contributed by atoms with Crippen molar-refractivity contribution < 1.29 is 14.6 Å². The summed E-state index contributed by atoms with van der Waals surface area (Å²) in [6.45, 7) is 1.81. The third-order valence-corrected chi connectivity index (χ3v) is 4.86. The lowest BCUT2D eigenvalue weighted by Crippen LogP contribution is -2.38. The number of hydrogen-bond acceptors (Lipinski definition) is 6. The average Bonchev–Trinajstić information content (AvgIpc) is 3.23. The Bertz CT molecular complexity index is 710. The van der Waals surface area contributed by atoms with Gasteiger partial charge < -0.3 is 14.7 Å². The van der Waals surface area contributed by atoms with Crippen LogP contribution in [-0.2, 0) is 9.53 Å². The molecule has 0 unspecified atom stereocenters. The summed E-state index contributed by atoms with van der Waals surface area (Å²) in [5.74, 6) is 0.525. The smallest absolute Gasteiger partial charge is 0.332 e. The maximum absolute atomic E-state index is 11.0. The van der Waals surface area contributed by atoms with Crippen molar-refractivity contribution in [2.75, 3.05) is 18.0 Å². The van der Waals surface area contributed by atoms with E-state index >= 15 is 0 Å². The van der Waals surface area contributed by atoms with Crippen molar-refractivity contribution in [3.8, 4) is 0 Å². The van der Waals surface area contributed by atoms with Crippen LogP contribution in [0, 0.1) is 5.92 Å². The number of nitrogens with zero attached hydrogens (tertiary/aromatic N) is 5. The van der Waals surface area contributed by atoms with Crippen LogP contribution in [0.25, 0.3) is 5.65 Å². The van der Waals surface area contributed by atoms with Crippen LogP contribution in [-0.4, -0.2) is 56.2 Å². The molecule has 4 rings (SSSR count). The van der Waals surface area contributed by atoms with Crippen molar-refractivity contribution in [3.05, 3.63) is 18.5 Å². The van der Waals surface area contributed by atoms with Crippen LogP contribution in [0.5, 0.6) is 0 Å². The van der Waals surface area contributed by atoms with Gasteiger partial charge in [-0.25, -0.2) is 4.79 Å². The lowest BCUT2D eigenvalue weighted by molar-refractivity contribution is -0.150. The van der Waals surface area contributed by atoms with E-state index in [2.05, 4.69) is 20.2 Å². The van der Waals surface area contributed by atoms with Gasteiger partial charge in [0.2, 0.25) is 0 Å². The first-order valence-corrected chi connectivity index (χ1v) is 8.01. The highest BCUT2D eigenvalue weighted by Crippen LogP contribution is 2.32. The second-order valence-corrected chi connectivity index (χ2v) is 6.23. The number of carboxylic acids is 1. The number of fused-ring (bicyclic) bond motifs is 1. The summed E-state index contributed by atoms with van der Waals surface area (Å²) in [6.07, 6.45) is 4.56. The van der Waals surface area contributed by atoms with Crippen LogP contribution < -0.4 is 4.90 Å². The molecule has 2 atom stereocenters. The quantitative estimate of drug-likeness (QED) is 0.901. The molecule has 23 heavy (non-hydrogen) atoms. The molecule has 0 aliphatic carbocycles. The van der Waals surface area contributed by atoms with Crippen molar-refractivity contribution in [2.24, 2.45) is 5.92 Å². The van der Waals surface area contributed by atoms with Crippen molar-refractivity contribution in [1.29, 1.82) is 0 Å². The third-order valence-electron chi connectivity index (χ3n) is 4.86. The molecule has 0 aromatic carbocycles. The maximum Gasteiger partial charge on any atom is 0.332 e. The fraction of sp³-hybridized carbons (Fsp3) is 0.600. The number of carboxylic acid groups (broad SMARTS) is 1. The number of carbonyl (C=O) groups is 1. The normalized spacial score (nSPS) is 26.0. The van der Waals surface area contributed by atoms with Gasteiger partial charge in [0.05, 0.1) is 6.10 Å². The summed E-state index contributed by atoms with van der Waals surface area (Å²) in [4.78, 5) is 13.2. The molecule has 2 aliphatic rings. The molecule has 4 heterocycles. The van der Waals surface area contributed by atoms with Crippen LogP contribution >= 0.6 is 0 Å². The highest BCUT2D eigenvalue weighted by Gasteiger charge is 2.36. The Morgan fingerprint density at radius 2 is 2.04 bits per heavy atom. The van der Waals surface area contributed by atoms with Crippen molar-refractivity contribution in [1.82, 2.24) is 19.8 Å². The summed E-state index contributed by atoms with van der Waals surface area (Å²) < 4.78 is 7.38. The van der Waals surface area contributed by atoms with E-state index in [4.69, 9.17) is 9.84 Å². The van der Waals surface area contributed by atoms with Crippen LogP contribution in [0.15, 0.2) is 18.5 Å². The number of piperidine rings is 1. The van der Waals surface area contributed by atoms with Crippen molar-refractivity contribution in [3.63, 3.8) is 0 Å². The minimum Gasteiger partial charge on any atom is -0.479 e. The standard InChI is InChI=1S/C15H19N5O3/c21-15(22)12-2-1-11(23-12)10-5-7-19(8-6-10)14-4-3-13-17-16-9-20(13)18-14/h3-4,9-12H,1-2,5-8H2,(H,21,22)/t11-,12+/m0/s1. The number of aromatic nitrogens is 4. The van der Waals surface area contributed by atoms with Crippen LogP contribution in [0.2, 0.25) is 0 Å². The van der Waals surface area contributed by atoms with E-state index in [1.165, 1.54) is 0 Å². The molecule has 0 radical (unpaired) electrons. The zero-order valence-corrected chi connectivity index (χ0v) is 12.7. The van der Waals surface area contributed by atoms with E-state index in [1.807, 2.05) is 12.1 Å². The largest absolute Gasteiger partial charge is 0.479 e. The zero-order valence-electron chi connectivity index (χ0n) is 12.7. The van der Waals surface area contributed by atoms with Crippen LogP contribution in [0.3, 0.4) is 0 Å². The molecular weight excluding hydrogens is 298 g/mol. The fourth-order valence-electron chi connectivity index (χ4n) is 3.58. The Morgan fingerprint density at radius 3 is 2.78 bits per heavy atom. The van der Waals surface area contributed by atoms with Gasteiger partial charge in [-0.05, 0) is 43.7 Å².